The van der Waals surface area contributed by atoms with Gasteiger partial charge in [0.15, 0.2) is 5.65 Å². The molecule has 1 N–H and O–H groups in total. The maximum Gasteiger partial charge on any atom is 0.274 e. The van der Waals surface area contributed by atoms with Gasteiger partial charge in [-0.15, -0.1) is 10.2 Å². The Morgan fingerprint density at radius 1 is 1.19 bits per heavy atom. The molecule has 0 radical (unpaired) electrons. The normalized spacial score (nSPS) is 10.7. The van der Waals surface area contributed by atoms with E-state index in [1.807, 2.05) is 37.3 Å². The van der Waals surface area contributed by atoms with Crippen LogP contribution in [-0.4, -0.2) is 42.3 Å². The van der Waals surface area contributed by atoms with Gasteiger partial charge in [-0.05, 0) is 31.2 Å². The van der Waals surface area contributed by atoms with Crippen molar-refractivity contribution >= 4 is 17.2 Å². The van der Waals surface area contributed by atoms with Crippen LogP contribution in [0.25, 0.3) is 16.9 Å². The van der Waals surface area contributed by atoms with Gasteiger partial charge in [-0.1, -0.05) is 12.1 Å². The van der Waals surface area contributed by atoms with Gasteiger partial charge in [-0.2, -0.15) is 9.61 Å². The predicted octanol–water partition coefficient (Wildman–Crippen LogP) is 2.23. The molecule has 134 valence electrons. The van der Waals surface area contributed by atoms with Crippen LogP contribution in [0.3, 0.4) is 0 Å². The lowest BCUT2D eigenvalue weighted by atomic mass is 10.1. The number of benzene rings is 1. The van der Waals surface area contributed by atoms with E-state index in [9.17, 15) is 4.79 Å². The molecular formula is C18H15N7O2. The fraction of sp³-hybridized carbons (Fsp3) is 0.111. The number of carbonyl (C=O) groups is 1. The van der Waals surface area contributed by atoms with Crippen LogP contribution < -0.4 is 10.1 Å². The van der Waals surface area contributed by atoms with Crippen LogP contribution in [0.1, 0.15) is 17.4 Å². The van der Waals surface area contributed by atoms with Crippen molar-refractivity contribution in [3.05, 3.63) is 60.8 Å². The largest absolute Gasteiger partial charge is 0.478 e. The third-order valence-electron chi connectivity index (χ3n) is 3.74. The zero-order chi connectivity index (χ0) is 18.6. The molecule has 9 nitrogen and oxygen atoms in total. The van der Waals surface area contributed by atoms with E-state index in [1.165, 1.54) is 18.7 Å². The Morgan fingerprint density at radius 3 is 3.00 bits per heavy atom. The van der Waals surface area contributed by atoms with Crippen LogP contribution in [0, 0.1) is 0 Å². The Kier molecular flexibility index (Phi) is 4.40. The maximum atomic E-state index is 12.5. The smallest absolute Gasteiger partial charge is 0.274 e. The SMILES string of the molecule is CCOc1cc(C(=O)Nc2cccc(-c3ccc4nncn4n3)c2)ncn1. The van der Waals surface area contributed by atoms with Crippen molar-refractivity contribution in [3.63, 3.8) is 0 Å². The molecule has 0 spiro atoms. The highest BCUT2D eigenvalue weighted by molar-refractivity contribution is 6.03. The molecule has 1 amide bonds. The van der Waals surface area contributed by atoms with Gasteiger partial charge in [0, 0.05) is 17.3 Å². The number of nitrogens with zero attached hydrogens (tertiary/aromatic N) is 6. The molecule has 1 aromatic carbocycles. The summed E-state index contributed by atoms with van der Waals surface area (Å²) in [5.41, 5.74) is 3.10. The van der Waals surface area contributed by atoms with Crippen molar-refractivity contribution < 1.29 is 9.53 Å². The third-order valence-corrected chi connectivity index (χ3v) is 3.74. The fourth-order valence-electron chi connectivity index (χ4n) is 2.52. The van der Waals surface area contributed by atoms with Crippen LogP contribution in [-0.2, 0) is 0 Å². The molecule has 0 saturated heterocycles. The van der Waals surface area contributed by atoms with Crippen LogP contribution in [0.5, 0.6) is 5.88 Å². The van der Waals surface area contributed by atoms with Gasteiger partial charge in [0.25, 0.3) is 5.91 Å². The highest BCUT2D eigenvalue weighted by Crippen LogP contribution is 2.21. The molecule has 0 aliphatic carbocycles. The minimum atomic E-state index is -0.349. The predicted molar refractivity (Wildman–Crippen MR) is 97.4 cm³/mol. The zero-order valence-corrected chi connectivity index (χ0v) is 14.4. The summed E-state index contributed by atoms with van der Waals surface area (Å²) < 4.78 is 6.89. The number of ether oxygens (including phenoxy) is 1. The van der Waals surface area contributed by atoms with E-state index in [2.05, 4.69) is 30.6 Å². The number of hydrogen-bond acceptors (Lipinski definition) is 7. The first-order valence-electron chi connectivity index (χ1n) is 8.26. The number of anilines is 1. The molecule has 0 unspecified atom stereocenters. The van der Waals surface area contributed by atoms with E-state index in [1.54, 1.807) is 10.6 Å². The molecule has 4 aromatic rings. The molecule has 0 fully saturated rings. The standard InChI is InChI=1S/C18H15N7O2/c1-2-27-17-9-15(19-10-20-17)18(26)22-13-5-3-4-12(8-13)14-6-7-16-23-21-11-25(16)24-14/h3-11H,2H2,1H3,(H,22,26). The first kappa shape index (κ1) is 16.6. The Hall–Kier alpha value is -3.88. The lowest BCUT2D eigenvalue weighted by molar-refractivity contribution is 0.102. The van der Waals surface area contributed by atoms with Gasteiger partial charge >= 0.3 is 0 Å². The number of fused-ring (bicyclic) bond motifs is 1. The second kappa shape index (κ2) is 7.16. The molecule has 0 aliphatic heterocycles. The molecule has 0 saturated carbocycles. The van der Waals surface area contributed by atoms with Gasteiger partial charge < -0.3 is 10.1 Å². The second-order valence-corrected chi connectivity index (χ2v) is 5.56. The number of aromatic nitrogens is 6. The first-order chi connectivity index (χ1) is 13.2. The van der Waals surface area contributed by atoms with Gasteiger partial charge in [0.1, 0.15) is 18.3 Å². The summed E-state index contributed by atoms with van der Waals surface area (Å²) in [5.74, 6) is 0.00979. The summed E-state index contributed by atoms with van der Waals surface area (Å²) >= 11 is 0. The van der Waals surface area contributed by atoms with Crippen LogP contribution >= 0.6 is 0 Å². The van der Waals surface area contributed by atoms with E-state index in [4.69, 9.17) is 4.74 Å². The summed E-state index contributed by atoms with van der Waals surface area (Å²) in [6.45, 7) is 2.31. The van der Waals surface area contributed by atoms with Crippen molar-refractivity contribution in [1.82, 2.24) is 29.8 Å². The molecule has 27 heavy (non-hydrogen) atoms. The maximum absolute atomic E-state index is 12.5. The third kappa shape index (κ3) is 3.56. The van der Waals surface area contributed by atoms with E-state index < -0.39 is 0 Å². The van der Waals surface area contributed by atoms with Gasteiger partial charge in [0.2, 0.25) is 5.88 Å². The summed E-state index contributed by atoms with van der Waals surface area (Å²) in [4.78, 5) is 20.4. The van der Waals surface area contributed by atoms with E-state index >= 15 is 0 Å². The molecule has 3 aromatic heterocycles. The van der Waals surface area contributed by atoms with Gasteiger partial charge in [-0.25, -0.2) is 9.97 Å². The van der Waals surface area contributed by atoms with Gasteiger partial charge in [0.05, 0.1) is 12.3 Å². The minimum absolute atomic E-state index is 0.225. The lowest BCUT2D eigenvalue weighted by Gasteiger charge is -2.08. The average molecular weight is 361 g/mol. The van der Waals surface area contributed by atoms with Crippen LogP contribution in [0.2, 0.25) is 0 Å². The fourth-order valence-corrected chi connectivity index (χ4v) is 2.52. The van der Waals surface area contributed by atoms with E-state index in [0.29, 0.717) is 23.8 Å². The lowest BCUT2D eigenvalue weighted by Crippen LogP contribution is -2.14. The van der Waals surface area contributed by atoms with Gasteiger partial charge in [-0.3, -0.25) is 4.79 Å². The summed E-state index contributed by atoms with van der Waals surface area (Å²) in [7, 11) is 0. The number of rotatable bonds is 5. The molecule has 0 bridgehead atoms. The first-order valence-corrected chi connectivity index (χ1v) is 8.26. The monoisotopic (exact) mass is 361 g/mol. The van der Waals surface area contributed by atoms with Crippen LogP contribution in [0.4, 0.5) is 5.69 Å². The van der Waals surface area contributed by atoms with Crippen molar-refractivity contribution in [1.29, 1.82) is 0 Å². The quantitative estimate of drug-likeness (QED) is 0.581. The topological polar surface area (TPSA) is 107 Å². The highest BCUT2D eigenvalue weighted by Gasteiger charge is 2.11. The van der Waals surface area contributed by atoms with Crippen molar-refractivity contribution in [2.75, 3.05) is 11.9 Å². The molecule has 0 aliphatic rings. The number of carbonyl (C=O) groups excluding carboxylic acids is 1. The van der Waals surface area contributed by atoms with Crippen LogP contribution in [0.15, 0.2) is 55.1 Å². The molecular weight excluding hydrogens is 346 g/mol. The minimum Gasteiger partial charge on any atom is -0.478 e. The Balaban J connectivity index is 1.57. The van der Waals surface area contributed by atoms with E-state index in [-0.39, 0.29) is 11.6 Å². The Morgan fingerprint density at radius 2 is 2.11 bits per heavy atom. The highest BCUT2D eigenvalue weighted by atomic mass is 16.5. The molecule has 4 rings (SSSR count). The number of nitrogens with one attached hydrogen (secondary N) is 1. The van der Waals surface area contributed by atoms with Crippen molar-refractivity contribution in [2.45, 2.75) is 6.92 Å². The molecule has 3 heterocycles. The van der Waals surface area contributed by atoms with E-state index in [0.717, 1.165) is 11.3 Å². The zero-order valence-electron chi connectivity index (χ0n) is 14.4. The Bertz CT molecular complexity index is 1110. The summed E-state index contributed by atoms with van der Waals surface area (Å²) in [6.07, 6.45) is 2.84. The second-order valence-electron chi connectivity index (χ2n) is 5.56. The van der Waals surface area contributed by atoms with Crippen molar-refractivity contribution in [2.24, 2.45) is 0 Å². The number of amides is 1. The average Bonchev–Trinajstić information content (AvgIpc) is 3.16. The molecule has 0 atom stereocenters. The van der Waals surface area contributed by atoms with Crippen molar-refractivity contribution in [3.8, 4) is 17.1 Å². The summed E-state index contributed by atoms with van der Waals surface area (Å²) in [6, 6.07) is 12.6. The summed E-state index contributed by atoms with van der Waals surface area (Å²) in [5, 5.41) is 15.0. The molecule has 9 heteroatoms. The Labute approximate surface area is 154 Å². The number of hydrogen-bond donors (Lipinski definition) is 1.